The van der Waals surface area contributed by atoms with E-state index in [1.165, 1.54) is 0 Å². The van der Waals surface area contributed by atoms with Gasteiger partial charge in [0.2, 0.25) is 5.91 Å². The summed E-state index contributed by atoms with van der Waals surface area (Å²) in [6.07, 6.45) is 3.92. The van der Waals surface area contributed by atoms with E-state index >= 15 is 0 Å². The monoisotopic (exact) mass is 267 g/mol. The Bertz CT molecular complexity index is 424. The molecule has 2 rings (SSSR count). The molecule has 1 atom stereocenters. The molecule has 4 nitrogen and oxygen atoms in total. The van der Waals surface area contributed by atoms with E-state index in [2.05, 4.69) is 17.2 Å². The van der Waals surface area contributed by atoms with E-state index in [4.69, 9.17) is 0 Å². The third kappa shape index (κ3) is 2.90. The molecule has 1 aromatic heterocycles. The molecule has 0 saturated carbocycles. The molecule has 2 heterocycles. The molecule has 0 radical (unpaired) electrons. The van der Waals surface area contributed by atoms with Crippen LogP contribution in [0, 0.1) is 12.3 Å². The molecule has 0 spiro atoms. The van der Waals surface area contributed by atoms with Gasteiger partial charge in [0.05, 0.1) is 17.0 Å². The molecule has 1 aromatic rings. The number of carbonyl (C=O) groups is 1. The minimum Gasteiger partial charge on any atom is -0.340 e. The first kappa shape index (κ1) is 13.5. The van der Waals surface area contributed by atoms with E-state index in [0.717, 1.165) is 35.8 Å². The largest absolute Gasteiger partial charge is 0.340 e. The Hall–Kier alpha value is -0.940. The number of rotatable bonds is 3. The molecule has 0 aromatic carbocycles. The first-order valence-electron chi connectivity index (χ1n) is 6.39. The lowest BCUT2D eigenvalue weighted by Gasteiger charge is -2.35. The van der Waals surface area contributed by atoms with Gasteiger partial charge in [-0.15, -0.1) is 11.3 Å². The summed E-state index contributed by atoms with van der Waals surface area (Å²) >= 11 is 1.66. The maximum atomic E-state index is 12.5. The lowest BCUT2D eigenvalue weighted by atomic mass is 9.81. The number of thiazole rings is 1. The summed E-state index contributed by atoms with van der Waals surface area (Å²) in [6, 6.07) is 0. The van der Waals surface area contributed by atoms with Crippen molar-refractivity contribution < 1.29 is 4.79 Å². The van der Waals surface area contributed by atoms with Crippen LogP contribution in [0.3, 0.4) is 0 Å². The van der Waals surface area contributed by atoms with Gasteiger partial charge in [0, 0.05) is 24.7 Å². The van der Waals surface area contributed by atoms with Gasteiger partial charge in [-0.3, -0.25) is 4.79 Å². The van der Waals surface area contributed by atoms with Crippen LogP contribution in [0.5, 0.6) is 0 Å². The van der Waals surface area contributed by atoms with Gasteiger partial charge in [-0.25, -0.2) is 4.98 Å². The van der Waals surface area contributed by atoms with Crippen molar-refractivity contribution in [3.05, 3.63) is 16.1 Å². The highest BCUT2D eigenvalue weighted by Crippen LogP contribution is 2.28. The molecule has 100 valence electrons. The van der Waals surface area contributed by atoms with Crippen molar-refractivity contribution in [1.29, 1.82) is 0 Å². The molecule has 18 heavy (non-hydrogen) atoms. The van der Waals surface area contributed by atoms with Crippen molar-refractivity contribution in [1.82, 2.24) is 15.2 Å². The molecular formula is C13H21N3OS. The molecule has 1 unspecified atom stereocenters. The Labute approximate surface area is 112 Å². The Balaban J connectivity index is 1.99. The number of nitrogens with zero attached hydrogens (tertiary/aromatic N) is 2. The van der Waals surface area contributed by atoms with Crippen molar-refractivity contribution >= 4 is 17.2 Å². The average Bonchev–Trinajstić information content (AvgIpc) is 2.74. The number of aryl methyl sites for hydroxylation is 1. The van der Waals surface area contributed by atoms with Crippen molar-refractivity contribution in [2.75, 3.05) is 20.1 Å². The molecule has 1 aliphatic rings. The van der Waals surface area contributed by atoms with Gasteiger partial charge in [0.15, 0.2) is 0 Å². The topological polar surface area (TPSA) is 45.2 Å². The number of nitrogens with one attached hydrogen (secondary N) is 1. The Kier molecular flexibility index (Phi) is 4.02. The minimum atomic E-state index is -0.243. The van der Waals surface area contributed by atoms with Crippen LogP contribution < -0.4 is 5.32 Å². The summed E-state index contributed by atoms with van der Waals surface area (Å²) < 4.78 is 0. The van der Waals surface area contributed by atoms with Crippen molar-refractivity contribution in [2.24, 2.45) is 5.41 Å². The van der Waals surface area contributed by atoms with Gasteiger partial charge in [0.25, 0.3) is 0 Å². The standard InChI is InChI=1S/C13H21N3OS/c1-10-15-7-11(18-10)8-16(3)12(17)13(2)5-4-6-14-9-13/h7,14H,4-6,8-9H2,1-3H3. The van der Waals surface area contributed by atoms with Crippen molar-refractivity contribution in [2.45, 2.75) is 33.2 Å². The molecule has 1 saturated heterocycles. The number of hydrogen-bond acceptors (Lipinski definition) is 4. The quantitative estimate of drug-likeness (QED) is 0.908. The molecule has 5 heteroatoms. The Morgan fingerprint density at radius 3 is 3.00 bits per heavy atom. The third-order valence-electron chi connectivity index (χ3n) is 3.52. The van der Waals surface area contributed by atoms with E-state index < -0.39 is 0 Å². The average molecular weight is 267 g/mol. The van der Waals surface area contributed by atoms with Crippen LogP contribution in [-0.4, -0.2) is 35.9 Å². The molecule has 0 aliphatic carbocycles. The van der Waals surface area contributed by atoms with Gasteiger partial charge < -0.3 is 10.2 Å². The SMILES string of the molecule is Cc1ncc(CN(C)C(=O)C2(C)CCCNC2)s1. The van der Waals surface area contributed by atoms with E-state index in [1.54, 1.807) is 11.3 Å². The van der Waals surface area contributed by atoms with Crippen LogP contribution in [-0.2, 0) is 11.3 Å². The molecule has 0 bridgehead atoms. The van der Waals surface area contributed by atoms with Gasteiger partial charge >= 0.3 is 0 Å². The smallest absolute Gasteiger partial charge is 0.229 e. The summed E-state index contributed by atoms with van der Waals surface area (Å²) in [5.74, 6) is 0.237. The summed E-state index contributed by atoms with van der Waals surface area (Å²) in [7, 11) is 1.89. The maximum absolute atomic E-state index is 12.5. The normalized spacial score (nSPS) is 23.9. The van der Waals surface area contributed by atoms with Gasteiger partial charge in [-0.05, 0) is 33.2 Å². The first-order chi connectivity index (χ1) is 8.51. The number of piperidine rings is 1. The number of carbonyl (C=O) groups excluding carboxylic acids is 1. The third-order valence-corrected chi connectivity index (χ3v) is 4.42. The maximum Gasteiger partial charge on any atom is 0.229 e. The zero-order chi connectivity index (χ0) is 13.2. The first-order valence-corrected chi connectivity index (χ1v) is 7.20. The highest BCUT2D eigenvalue weighted by Gasteiger charge is 2.36. The van der Waals surface area contributed by atoms with E-state index in [9.17, 15) is 4.79 Å². The predicted molar refractivity (Wildman–Crippen MR) is 73.5 cm³/mol. The second-order valence-electron chi connectivity index (χ2n) is 5.35. The number of aromatic nitrogens is 1. The molecule has 1 N–H and O–H groups in total. The fourth-order valence-corrected chi connectivity index (χ4v) is 3.33. The zero-order valence-corrected chi connectivity index (χ0v) is 12.1. The van der Waals surface area contributed by atoms with Crippen LogP contribution in [0.4, 0.5) is 0 Å². The minimum absolute atomic E-state index is 0.237. The van der Waals surface area contributed by atoms with Crippen LogP contribution in [0.15, 0.2) is 6.20 Å². The molecular weight excluding hydrogens is 246 g/mol. The van der Waals surface area contributed by atoms with E-state index in [0.29, 0.717) is 6.54 Å². The number of amides is 1. The second-order valence-corrected chi connectivity index (χ2v) is 6.67. The molecule has 1 aliphatic heterocycles. The summed E-state index contributed by atoms with van der Waals surface area (Å²) in [5, 5.41) is 4.37. The number of hydrogen-bond donors (Lipinski definition) is 1. The lowest BCUT2D eigenvalue weighted by molar-refractivity contribution is -0.141. The lowest BCUT2D eigenvalue weighted by Crippen LogP contribution is -2.48. The van der Waals surface area contributed by atoms with Crippen LogP contribution >= 0.6 is 11.3 Å². The van der Waals surface area contributed by atoms with Crippen LogP contribution in [0.2, 0.25) is 0 Å². The second kappa shape index (κ2) is 5.36. The van der Waals surface area contributed by atoms with Crippen LogP contribution in [0.25, 0.3) is 0 Å². The van der Waals surface area contributed by atoms with Crippen molar-refractivity contribution in [3.8, 4) is 0 Å². The van der Waals surface area contributed by atoms with Crippen molar-refractivity contribution in [3.63, 3.8) is 0 Å². The van der Waals surface area contributed by atoms with Gasteiger partial charge in [0.1, 0.15) is 0 Å². The zero-order valence-electron chi connectivity index (χ0n) is 11.3. The fourth-order valence-electron chi connectivity index (χ4n) is 2.48. The highest BCUT2D eigenvalue weighted by molar-refractivity contribution is 7.11. The highest BCUT2D eigenvalue weighted by atomic mass is 32.1. The van der Waals surface area contributed by atoms with Crippen LogP contribution in [0.1, 0.15) is 29.7 Å². The summed E-state index contributed by atoms with van der Waals surface area (Å²) in [4.78, 5) is 19.7. The molecule has 1 amide bonds. The van der Waals surface area contributed by atoms with E-state index in [-0.39, 0.29) is 11.3 Å². The summed E-state index contributed by atoms with van der Waals surface area (Å²) in [6.45, 7) is 6.54. The predicted octanol–water partition coefficient (Wildman–Crippen LogP) is 1.80. The Morgan fingerprint density at radius 1 is 1.67 bits per heavy atom. The van der Waals surface area contributed by atoms with Gasteiger partial charge in [-0.2, -0.15) is 0 Å². The Morgan fingerprint density at radius 2 is 2.44 bits per heavy atom. The summed E-state index contributed by atoms with van der Waals surface area (Å²) in [5.41, 5.74) is -0.243. The molecule has 1 fully saturated rings. The van der Waals surface area contributed by atoms with E-state index in [1.807, 2.05) is 25.1 Å². The fraction of sp³-hybridized carbons (Fsp3) is 0.692. The van der Waals surface area contributed by atoms with Gasteiger partial charge in [-0.1, -0.05) is 0 Å².